The Morgan fingerprint density at radius 1 is 1.12 bits per heavy atom. The molecule has 4 rings (SSSR count). The van der Waals surface area contributed by atoms with Crippen LogP contribution in [0.1, 0.15) is 18.7 Å². The molecule has 0 aliphatic carbocycles. The summed E-state index contributed by atoms with van der Waals surface area (Å²) in [6.07, 6.45) is 5.71. The lowest BCUT2D eigenvalue weighted by atomic mass is 9.94. The maximum atomic E-state index is 15.2. The zero-order valence-electron chi connectivity index (χ0n) is 17.7. The van der Waals surface area contributed by atoms with Crippen molar-refractivity contribution in [3.63, 3.8) is 0 Å². The Hall–Kier alpha value is -3.77. The van der Waals surface area contributed by atoms with Crippen LogP contribution >= 0.6 is 0 Å². The minimum absolute atomic E-state index is 0.0935. The Kier molecular flexibility index (Phi) is 6.42. The fraction of sp³-hybridized carbons (Fsp3) is 0.304. The molecule has 1 aliphatic rings. The van der Waals surface area contributed by atoms with Gasteiger partial charge in [0.15, 0.2) is 0 Å². The van der Waals surface area contributed by atoms with Crippen molar-refractivity contribution in [3.05, 3.63) is 54.7 Å². The third-order valence-corrected chi connectivity index (χ3v) is 5.42. The third-order valence-electron chi connectivity index (χ3n) is 5.42. The average Bonchev–Trinajstić information content (AvgIpc) is 2.84. The summed E-state index contributed by atoms with van der Waals surface area (Å²) in [5.74, 6) is 1.40. The Morgan fingerprint density at radius 2 is 1.84 bits per heavy atom. The molecule has 0 radical (unpaired) electrons. The molecule has 3 aromatic rings. The van der Waals surface area contributed by atoms with E-state index in [-0.39, 0.29) is 12.4 Å². The molecule has 164 valence electrons. The lowest BCUT2D eigenvalue weighted by Crippen LogP contribution is -2.43. The normalized spacial score (nSPS) is 14.9. The van der Waals surface area contributed by atoms with Crippen LogP contribution in [0.15, 0.2) is 48.9 Å². The monoisotopic (exact) mass is 433 g/mol. The number of rotatable bonds is 7. The Balaban J connectivity index is 1.61. The van der Waals surface area contributed by atoms with E-state index in [1.807, 2.05) is 36.4 Å². The van der Waals surface area contributed by atoms with Gasteiger partial charge in [-0.3, -0.25) is 0 Å². The molecule has 0 saturated carbocycles. The molecular formula is C23H24FN7O. The molecule has 0 amide bonds. The van der Waals surface area contributed by atoms with Gasteiger partial charge in [0.1, 0.15) is 23.3 Å². The fourth-order valence-electron chi connectivity index (χ4n) is 3.57. The number of methoxy groups -OCH3 is 1. The smallest absolute Gasteiger partial charge is 0.232 e. The van der Waals surface area contributed by atoms with Gasteiger partial charge in [0, 0.05) is 30.1 Å². The highest BCUT2D eigenvalue weighted by Crippen LogP contribution is 2.33. The number of anilines is 3. The number of hydrogen-bond donors (Lipinski definition) is 3. The average molecular weight is 433 g/mol. The van der Waals surface area contributed by atoms with Crippen molar-refractivity contribution in [2.45, 2.75) is 18.5 Å². The maximum absolute atomic E-state index is 15.2. The number of hydrogen-bond acceptors (Lipinski definition) is 8. The van der Waals surface area contributed by atoms with Gasteiger partial charge in [0.2, 0.25) is 5.82 Å². The number of pyridine rings is 1. The molecule has 9 heteroatoms. The minimum atomic E-state index is -1.26. The zero-order valence-corrected chi connectivity index (χ0v) is 17.7. The van der Waals surface area contributed by atoms with Crippen LogP contribution in [0.5, 0.6) is 5.75 Å². The van der Waals surface area contributed by atoms with Crippen molar-refractivity contribution in [3.8, 4) is 22.9 Å². The zero-order chi connectivity index (χ0) is 22.4. The lowest BCUT2D eigenvalue weighted by molar-refractivity contribution is 0.131. The quantitative estimate of drug-likeness (QED) is 0.518. The summed E-state index contributed by atoms with van der Waals surface area (Å²) in [7, 11) is 1.62. The summed E-state index contributed by atoms with van der Waals surface area (Å²) in [6.45, 7) is 1.55. The number of halogens is 1. The number of nitriles is 1. The summed E-state index contributed by atoms with van der Waals surface area (Å²) < 4.78 is 20.5. The van der Waals surface area contributed by atoms with Crippen LogP contribution in [-0.4, -0.2) is 47.4 Å². The van der Waals surface area contributed by atoms with Gasteiger partial charge in [-0.25, -0.2) is 19.3 Å². The summed E-state index contributed by atoms with van der Waals surface area (Å²) in [4.78, 5) is 12.4. The van der Waals surface area contributed by atoms with Gasteiger partial charge in [-0.1, -0.05) is 12.1 Å². The predicted molar refractivity (Wildman–Crippen MR) is 121 cm³/mol. The van der Waals surface area contributed by atoms with E-state index in [0.29, 0.717) is 37.4 Å². The van der Waals surface area contributed by atoms with Crippen LogP contribution in [0.3, 0.4) is 0 Å². The largest absolute Gasteiger partial charge is 0.497 e. The molecule has 0 bridgehead atoms. The summed E-state index contributed by atoms with van der Waals surface area (Å²) in [6, 6.07) is 11.4. The molecule has 2 aromatic heterocycles. The molecule has 0 atom stereocenters. The Bertz CT molecular complexity index is 1090. The first-order chi connectivity index (χ1) is 15.6. The SMILES string of the molecule is COc1ccc(-c2cnc(Nc3cnc(C#N)nc3)cc2NCC2(F)CCNCC2)cc1. The highest BCUT2D eigenvalue weighted by Gasteiger charge is 2.31. The van der Waals surface area contributed by atoms with Crippen LogP contribution < -0.4 is 20.7 Å². The number of aromatic nitrogens is 3. The second-order valence-electron chi connectivity index (χ2n) is 7.63. The van der Waals surface area contributed by atoms with Gasteiger partial charge >= 0.3 is 0 Å². The summed E-state index contributed by atoms with van der Waals surface area (Å²) in [5.41, 5.74) is 1.89. The molecule has 1 fully saturated rings. The van der Waals surface area contributed by atoms with E-state index in [9.17, 15) is 0 Å². The van der Waals surface area contributed by atoms with Crippen LogP contribution in [0.25, 0.3) is 11.1 Å². The van der Waals surface area contributed by atoms with Gasteiger partial charge in [-0.05, 0) is 43.6 Å². The van der Waals surface area contributed by atoms with E-state index >= 15 is 4.39 Å². The molecule has 1 aliphatic heterocycles. The van der Waals surface area contributed by atoms with Crippen LogP contribution in [0, 0.1) is 11.3 Å². The van der Waals surface area contributed by atoms with E-state index in [1.54, 1.807) is 13.3 Å². The second kappa shape index (κ2) is 9.58. The predicted octanol–water partition coefficient (Wildman–Crippen LogP) is 3.67. The van der Waals surface area contributed by atoms with Crippen LogP contribution in [-0.2, 0) is 0 Å². The molecular weight excluding hydrogens is 409 g/mol. The lowest BCUT2D eigenvalue weighted by Gasteiger charge is -2.31. The molecule has 8 nitrogen and oxygen atoms in total. The van der Waals surface area contributed by atoms with Crippen molar-refractivity contribution >= 4 is 17.2 Å². The Labute approximate surface area is 185 Å². The van der Waals surface area contributed by atoms with E-state index in [0.717, 1.165) is 22.6 Å². The molecule has 3 heterocycles. The maximum Gasteiger partial charge on any atom is 0.232 e. The van der Waals surface area contributed by atoms with E-state index in [2.05, 4.69) is 30.9 Å². The number of nitrogens with zero attached hydrogens (tertiary/aromatic N) is 4. The molecule has 1 aromatic carbocycles. The first-order valence-corrected chi connectivity index (χ1v) is 10.4. The van der Waals surface area contributed by atoms with Gasteiger partial charge in [0.25, 0.3) is 0 Å². The molecule has 32 heavy (non-hydrogen) atoms. The molecule has 0 spiro atoms. The van der Waals surface area contributed by atoms with E-state index in [4.69, 9.17) is 10.00 Å². The molecule has 3 N–H and O–H groups in total. The van der Waals surface area contributed by atoms with Crippen molar-refractivity contribution in [1.82, 2.24) is 20.3 Å². The minimum Gasteiger partial charge on any atom is -0.497 e. The van der Waals surface area contributed by atoms with Gasteiger partial charge in [0.05, 0.1) is 25.2 Å². The number of nitrogens with one attached hydrogen (secondary N) is 3. The van der Waals surface area contributed by atoms with Crippen molar-refractivity contribution < 1.29 is 9.13 Å². The summed E-state index contributed by atoms with van der Waals surface area (Å²) >= 11 is 0. The highest BCUT2D eigenvalue weighted by molar-refractivity contribution is 5.80. The van der Waals surface area contributed by atoms with Gasteiger partial charge in [-0.15, -0.1) is 0 Å². The van der Waals surface area contributed by atoms with Crippen LogP contribution in [0.2, 0.25) is 0 Å². The standard InChI is InChI=1S/C23H24FN7O/c1-32-18-4-2-16(3-5-18)19-14-29-21(31-17-12-27-22(11-25)28-13-17)10-20(19)30-15-23(24)6-8-26-9-7-23/h2-5,10,12-14,26H,6-9,15H2,1H3,(H2,29,30,31). The van der Waals surface area contributed by atoms with Crippen molar-refractivity contribution in [1.29, 1.82) is 5.26 Å². The van der Waals surface area contributed by atoms with Gasteiger partial charge < -0.3 is 20.7 Å². The topological polar surface area (TPSA) is 108 Å². The first kappa shape index (κ1) is 21.5. The van der Waals surface area contributed by atoms with Crippen molar-refractivity contribution in [2.24, 2.45) is 0 Å². The molecule has 1 saturated heterocycles. The summed E-state index contributed by atoms with van der Waals surface area (Å²) in [5, 5.41) is 18.5. The first-order valence-electron chi connectivity index (χ1n) is 10.4. The number of ether oxygens (including phenoxy) is 1. The fourth-order valence-corrected chi connectivity index (χ4v) is 3.57. The molecule has 0 unspecified atom stereocenters. The van der Waals surface area contributed by atoms with E-state index in [1.165, 1.54) is 12.4 Å². The number of alkyl halides is 1. The van der Waals surface area contributed by atoms with E-state index < -0.39 is 5.67 Å². The van der Waals surface area contributed by atoms with Crippen molar-refractivity contribution in [2.75, 3.05) is 37.4 Å². The highest BCUT2D eigenvalue weighted by atomic mass is 19.1. The number of benzene rings is 1. The van der Waals surface area contributed by atoms with Crippen LogP contribution in [0.4, 0.5) is 21.6 Å². The second-order valence-corrected chi connectivity index (χ2v) is 7.63. The number of piperidine rings is 1. The van der Waals surface area contributed by atoms with Gasteiger partial charge in [-0.2, -0.15) is 5.26 Å². The third kappa shape index (κ3) is 5.10. The Morgan fingerprint density at radius 3 is 2.50 bits per heavy atom.